The zero-order valence-electron chi connectivity index (χ0n) is 9.74. The SMILES string of the molecule is COCc1c(C(=O)O)nnn1C1CCS(=O)(=O)C1. The third-order valence-electron chi connectivity index (χ3n) is 2.83. The van der Waals surface area contributed by atoms with E-state index in [1.54, 1.807) is 0 Å². The average Bonchev–Trinajstić information content (AvgIpc) is 2.82. The van der Waals surface area contributed by atoms with Crippen molar-refractivity contribution in [1.29, 1.82) is 0 Å². The highest BCUT2D eigenvalue weighted by Gasteiger charge is 2.33. The minimum Gasteiger partial charge on any atom is -0.476 e. The Kier molecular flexibility index (Phi) is 3.35. The first-order valence-corrected chi connectivity index (χ1v) is 7.13. The highest BCUT2D eigenvalue weighted by molar-refractivity contribution is 7.91. The number of ether oxygens (including phenoxy) is 1. The third-order valence-corrected chi connectivity index (χ3v) is 4.58. The molecule has 1 saturated heterocycles. The molecule has 2 heterocycles. The number of aromatic carboxylic acids is 1. The predicted octanol–water partition coefficient (Wildman–Crippen LogP) is -0.518. The predicted molar refractivity (Wildman–Crippen MR) is 60.0 cm³/mol. The van der Waals surface area contributed by atoms with E-state index in [4.69, 9.17) is 9.84 Å². The van der Waals surface area contributed by atoms with Crippen LogP contribution in [0, 0.1) is 0 Å². The first kappa shape index (κ1) is 13.0. The number of hydrogen-bond acceptors (Lipinski definition) is 6. The highest BCUT2D eigenvalue weighted by atomic mass is 32.2. The fourth-order valence-corrected chi connectivity index (χ4v) is 3.70. The van der Waals surface area contributed by atoms with Gasteiger partial charge in [-0.2, -0.15) is 0 Å². The van der Waals surface area contributed by atoms with Crippen LogP contribution in [-0.4, -0.2) is 53.1 Å². The minimum absolute atomic E-state index is 0.0329. The van der Waals surface area contributed by atoms with Gasteiger partial charge in [0.2, 0.25) is 0 Å². The summed E-state index contributed by atoms with van der Waals surface area (Å²) in [5.74, 6) is -1.15. The first-order chi connectivity index (χ1) is 8.44. The lowest BCUT2D eigenvalue weighted by atomic mass is 10.2. The van der Waals surface area contributed by atoms with Crippen LogP contribution < -0.4 is 0 Å². The van der Waals surface area contributed by atoms with Gasteiger partial charge in [0, 0.05) is 7.11 Å². The summed E-state index contributed by atoms with van der Waals surface area (Å²) in [5.41, 5.74) is 0.105. The maximum absolute atomic E-state index is 11.4. The fourth-order valence-electron chi connectivity index (χ4n) is 2.01. The topological polar surface area (TPSA) is 111 Å². The monoisotopic (exact) mass is 275 g/mol. The van der Waals surface area contributed by atoms with Crippen LogP contribution in [-0.2, 0) is 21.2 Å². The molecule has 8 nitrogen and oxygen atoms in total. The fraction of sp³-hybridized carbons (Fsp3) is 0.667. The Morgan fingerprint density at radius 2 is 2.33 bits per heavy atom. The number of sulfone groups is 1. The Balaban J connectivity index is 2.36. The molecule has 0 aromatic carbocycles. The van der Waals surface area contributed by atoms with Crippen LogP contribution in [0.15, 0.2) is 0 Å². The van der Waals surface area contributed by atoms with E-state index in [1.807, 2.05) is 0 Å². The summed E-state index contributed by atoms with van der Waals surface area (Å²) in [7, 11) is -1.64. The Hall–Kier alpha value is -1.48. The number of carboxylic acid groups (broad SMARTS) is 1. The minimum atomic E-state index is -3.06. The highest BCUT2D eigenvalue weighted by Crippen LogP contribution is 2.25. The second-order valence-electron chi connectivity index (χ2n) is 4.12. The van der Waals surface area contributed by atoms with Crippen molar-refractivity contribution in [3.05, 3.63) is 11.4 Å². The second kappa shape index (κ2) is 4.65. The van der Waals surface area contributed by atoms with E-state index in [9.17, 15) is 13.2 Å². The molecule has 1 aliphatic heterocycles. The van der Waals surface area contributed by atoms with Gasteiger partial charge in [-0.05, 0) is 6.42 Å². The number of nitrogens with zero attached hydrogens (tertiary/aromatic N) is 3. The molecule has 0 saturated carbocycles. The van der Waals surface area contributed by atoms with Crippen molar-refractivity contribution in [2.45, 2.75) is 19.1 Å². The normalized spacial score (nSPS) is 22.2. The molecule has 0 aliphatic carbocycles. The number of rotatable bonds is 4. The molecule has 1 atom stereocenters. The lowest BCUT2D eigenvalue weighted by Crippen LogP contribution is -2.16. The Morgan fingerprint density at radius 1 is 1.61 bits per heavy atom. The van der Waals surface area contributed by atoms with Crippen molar-refractivity contribution in [2.75, 3.05) is 18.6 Å². The van der Waals surface area contributed by atoms with Gasteiger partial charge in [-0.1, -0.05) is 5.21 Å². The van der Waals surface area contributed by atoms with Gasteiger partial charge < -0.3 is 9.84 Å². The summed E-state index contributed by atoms with van der Waals surface area (Å²) in [4.78, 5) is 11.0. The number of aromatic nitrogens is 3. The summed E-state index contributed by atoms with van der Waals surface area (Å²) in [6.45, 7) is 0.0329. The van der Waals surface area contributed by atoms with Gasteiger partial charge in [0.1, 0.15) is 0 Å². The van der Waals surface area contributed by atoms with Crippen molar-refractivity contribution < 1.29 is 23.1 Å². The van der Waals surface area contributed by atoms with Gasteiger partial charge in [0.15, 0.2) is 15.5 Å². The van der Waals surface area contributed by atoms with E-state index < -0.39 is 15.8 Å². The molecule has 0 spiro atoms. The molecule has 1 fully saturated rings. The molecule has 1 unspecified atom stereocenters. The molecule has 100 valence electrons. The molecular weight excluding hydrogens is 262 g/mol. The average molecular weight is 275 g/mol. The van der Waals surface area contributed by atoms with Crippen LogP contribution >= 0.6 is 0 Å². The van der Waals surface area contributed by atoms with Gasteiger partial charge in [-0.25, -0.2) is 17.9 Å². The molecule has 0 amide bonds. The summed E-state index contributed by atoms with van der Waals surface area (Å²) in [6, 6.07) is -0.360. The quantitative estimate of drug-likeness (QED) is 0.787. The molecule has 0 radical (unpaired) electrons. The summed E-state index contributed by atoms with van der Waals surface area (Å²) < 4.78 is 29.1. The molecule has 18 heavy (non-hydrogen) atoms. The summed E-state index contributed by atoms with van der Waals surface area (Å²) >= 11 is 0. The molecule has 0 bridgehead atoms. The van der Waals surface area contributed by atoms with Gasteiger partial charge in [0.25, 0.3) is 0 Å². The van der Waals surface area contributed by atoms with Crippen LogP contribution in [0.4, 0.5) is 0 Å². The van der Waals surface area contributed by atoms with E-state index in [-0.39, 0.29) is 29.8 Å². The van der Waals surface area contributed by atoms with Crippen molar-refractivity contribution in [2.24, 2.45) is 0 Å². The maximum atomic E-state index is 11.4. The molecule has 1 aromatic rings. The largest absolute Gasteiger partial charge is 0.476 e. The lowest BCUT2D eigenvalue weighted by Gasteiger charge is -2.11. The molecule has 2 rings (SSSR count). The van der Waals surface area contributed by atoms with Crippen LogP contribution in [0.3, 0.4) is 0 Å². The van der Waals surface area contributed by atoms with E-state index >= 15 is 0 Å². The van der Waals surface area contributed by atoms with Gasteiger partial charge in [-0.3, -0.25) is 0 Å². The van der Waals surface area contributed by atoms with Crippen LogP contribution in [0.5, 0.6) is 0 Å². The number of methoxy groups -OCH3 is 1. The molecule has 1 N–H and O–H groups in total. The van der Waals surface area contributed by atoms with E-state index in [1.165, 1.54) is 11.8 Å². The summed E-state index contributed by atoms with van der Waals surface area (Å²) in [6.07, 6.45) is 0.418. The molecule has 1 aliphatic rings. The summed E-state index contributed by atoms with van der Waals surface area (Å²) in [5, 5.41) is 16.3. The van der Waals surface area contributed by atoms with Crippen molar-refractivity contribution in [3.8, 4) is 0 Å². The number of carboxylic acids is 1. The van der Waals surface area contributed by atoms with Crippen LogP contribution in [0.25, 0.3) is 0 Å². The zero-order valence-corrected chi connectivity index (χ0v) is 10.6. The molecule has 1 aromatic heterocycles. The van der Waals surface area contributed by atoms with E-state index in [0.717, 1.165) is 0 Å². The lowest BCUT2D eigenvalue weighted by molar-refractivity contribution is 0.0684. The van der Waals surface area contributed by atoms with E-state index in [0.29, 0.717) is 12.1 Å². The van der Waals surface area contributed by atoms with Crippen LogP contribution in [0.1, 0.15) is 28.6 Å². The molecule has 9 heteroatoms. The maximum Gasteiger partial charge on any atom is 0.358 e. The van der Waals surface area contributed by atoms with Crippen molar-refractivity contribution in [3.63, 3.8) is 0 Å². The Morgan fingerprint density at radius 3 is 2.83 bits per heavy atom. The van der Waals surface area contributed by atoms with E-state index in [2.05, 4.69) is 10.3 Å². The standard InChI is InChI=1S/C9H13N3O5S/c1-17-4-7-8(9(13)14)10-11-12(7)6-2-3-18(15,16)5-6/h6H,2-5H2,1H3,(H,13,14). The van der Waals surface area contributed by atoms with Crippen molar-refractivity contribution in [1.82, 2.24) is 15.0 Å². The smallest absolute Gasteiger partial charge is 0.358 e. The first-order valence-electron chi connectivity index (χ1n) is 5.31. The van der Waals surface area contributed by atoms with Gasteiger partial charge in [-0.15, -0.1) is 5.10 Å². The zero-order chi connectivity index (χ0) is 13.3. The van der Waals surface area contributed by atoms with Crippen LogP contribution in [0.2, 0.25) is 0 Å². The van der Waals surface area contributed by atoms with Gasteiger partial charge in [0.05, 0.1) is 29.8 Å². The number of hydrogen-bond donors (Lipinski definition) is 1. The number of carbonyl (C=O) groups is 1. The third kappa shape index (κ3) is 2.36. The second-order valence-corrected chi connectivity index (χ2v) is 6.35. The Bertz CT molecular complexity index is 565. The molecular formula is C9H13N3O5S. The van der Waals surface area contributed by atoms with Crippen molar-refractivity contribution >= 4 is 15.8 Å². The Labute approximate surface area is 103 Å². The van der Waals surface area contributed by atoms with Gasteiger partial charge >= 0.3 is 5.97 Å².